The van der Waals surface area contributed by atoms with Gasteiger partial charge in [-0.1, -0.05) is 6.07 Å². The van der Waals surface area contributed by atoms with Crippen LogP contribution in [0.4, 0.5) is 5.69 Å². The lowest BCUT2D eigenvalue weighted by atomic mass is 10.0. The molecule has 2 N–H and O–H groups in total. The molecule has 0 atom stereocenters. The summed E-state index contributed by atoms with van der Waals surface area (Å²) in [4.78, 5) is 2.37. The van der Waals surface area contributed by atoms with Gasteiger partial charge in [0, 0.05) is 19.3 Å². The van der Waals surface area contributed by atoms with Crippen molar-refractivity contribution in [2.75, 3.05) is 25.0 Å². The summed E-state index contributed by atoms with van der Waals surface area (Å²) in [6.07, 6.45) is 3.81. The zero-order chi connectivity index (χ0) is 11.5. The Morgan fingerprint density at radius 3 is 2.69 bits per heavy atom. The molecule has 1 aliphatic carbocycles. The molecule has 1 aromatic carbocycles. The number of rotatable bonds is 5. The van der Waals surface area contributed by atoms with Gasteiger partial charge in [0.1, 0.15) is 0 Å². The lowest BCUT2D eigenvalue weighted by Gasteiger charge is -2.20. The van der Waals surface area contributed by atoms with E-state index in [4.69, 9.17) is 5.73 Å². The topological polar surface area (TPSA) is 29.3 Å². The van der Waals surface area contributed by atoms with Crippen LogP contribution in [0.1, 0.15) is 24.0 Å². The molecule has 0 unspecified atom stereocenters. The second-order valence-corrected chi connectivity index (χ2v) is 4.97. The van der Waals surface area contributed by atoms with Crippen LogP contribution in [0.5, 0.6) is 0 Å². The van der Waals surface area contributed by atoms with Gasteiger partial charge in [0.25, 0.3) is 0 Å². The summed E-state index contributed by atoms with van der Waals surface area (Å²) >= 11 is 0. The second kappa shape index (κ2) is 4.88. The van der Waals surface area contributed by atoms with Gasteiger partial charge in [0.15, 0.2) is 0 Å². The molecule has 2 heteroatoms. The largest absolute Gasteiger partial charge is 0.374 e. The Morgan fingerprint density at radius 2 is 2.12 bits per heavy atom. The van der Waals surface area contributed by atoms with Crippen molar-refractivity contribution in [1.82, 2.24) is 0 Å². The van der Waals surface area contributed by atoms with Gasteiger partial charge in [-0.05, 0) is 61.9 Å². The molecular weight excluding hydrogens is 196 g/mol. The van der Waals surface area contributed by atoms with E-state index in [-0.39, 0.29) is 0 Å². The summed E-state index contributed by atoms with van der Waals surface area (Å²) < 4.78 is 0. The summed E-state index contributed by atoms with van der Waals surface area (Å²) in [6.45, 7) is 4.12. The Hall–Kier alpha value is -1.02. The van der Waals surface area contributed by atoms with E-state index in [1.165, 1.54) is 36.2 Å². The summed E-state index contributed by atoms with van der Waals surface area (Å²) in [5.41, 5.74) is 9.68. The van der Waals surface area contributed by atoms with Gasteiger partial charge >= 0.3 is 0 Å². The Labute approximate surface area is 98.4 Å². The van der Waals surface area contributed by atoms with Crippen molar-refractivity contribution in [2.24, 2.45) is 11.7 Å². The highest BCUT2D eigenvalue weighted by Crippen LogP contribution is 2.31. The van der Waals surface area contributed by atoms with E-state index in [9.17, 15) is 0 Å². The molecule has 1 aliphatic rings. The molecule has 2 nitrogen and oxygen atoms in total. The minimum Gasteiger partial charge on any atom is -0.374 e. The number of nitrogens with two attached hydrogens (primary N) is 1. The first-order valence-electron chi connectivity index (χ1n) is 6.21. The standard InChI is InChI=1S/C14H22N2/c1-11-9-14(6-5-13(11)7-8-15)16(2)10-12-3-4-12/h5-6,9,12H,3-4,7-8,10,15H2,1-2H3. The number of aryl methyl sites for hydroxylation is 1. The number of benzene rings is 1. The fraction of sp³-hybridized carbons (Fsp3) is 0.571. The Kier molecular flexibility index (Phi) is 3.49. The number of nitrogens with zero attached hydrogens (tertiary/aromatic N) is 1. The molecule has 16 heavy (non-hydrogen) atoms. The van der Waals surface area contributed by atoms with E-state index in [1.54, 1.807) is 0 Å². The SMILES string of the molecule is Cc1cc(N(C)CC2CC2)ccc1CCN. The lowest BCUT2D eigenvalue weighted by Crippen LogP contribution is -2.20. The van der Waals surface area contributed by atoms with Crippen LogP contribution in [0, 0.1) is 12.8 Å². The van der Waals surface area contributed by atoms with E-state index in [0.29, 0.717) is 0 Å². The quantitative estimate of drug-likeness (QED) is 0.822. The van der Waals surface area contributed by atoms with E-state index in [2.05, 4.69) is 37.1 Å². The third-order valence-electron chi connectivity index (χ3n) is 3.41. The highest BCUT2D eigenvalue weighted by molar-refractivity contribution is 5.50. The molecule has 0 saturated heterocycles. The third kappa shape index (κ3) is 2.76. The molecule has 1 aromatic rings. The maximum absolute atomic E-state index is 5.59. The van der Waals surface area contributed by atoms with E-state index in [1.807, 2.05) is 0 Å². The fourth-order valence-electron chi connectivity index (χ4n) is 2.15. The van der Waals surface area contributed by atoms with Crippen molar-refractivity contribution in [3.8, 4) is 0 Å². The average molecular weight is 218 g/mol. The highest BCUT2D eigenvalue weighted by atomic mass is 15.1. The molecule has 2 rings (SSSR count). The van der Waals surface area contributed by atoms with Gasteiger partial charge in [-0.25, -0.2) is 0 Å². The lowest BCUT2D eigenvalue weighted by molar-refractivity contribution is 0.786. The monoisotopic (exact) mass is 218 g/mol. The van der Waals surface area contributed by atoms with Crippen molar-refractivity contribution in [3.05, 3.63) is 29.3 Å². The van der Waals surface area contributed by atoms with E-state index < -0.39 is 0 Å². The van der Waals surface area contributed by atoms with Gasteiger partial charge in [0.2, 0.25) is 0 Å². The second-order valence-electron chi connectivity index (χ2n) is 4.97. The van der Waals surface area contributed by atoms with Gasteiger partial charge in [-0.3, -0.25) is 0 Å². The van der Waals surface area contributed by atoms with Crippen LogP contribution in [0.15, 0.2) is 18.2 Å². The summed E-state index contributed by atoms with van der Waals surface area (Å²) in [7, 11) is 2.19. The molecule has 1 saturated carbocycles. The minimum absolute atomic E-state index is 0.734. The highest BCUT2D eigenvalue weighted by Gasteiger charge is 2.22. The molecule has 0 aromatic heterocycles. The molecule has 0 heterocycles. The van der Waals surface area contributed by atoms with Crippen LogP contribution < -0.4 is 10.6 Å². The number of hydrogen-bond donors (Lipinski definition) is 1. The Balaban J connectivity index is 2.06. The van der Waals surface area contributed by atoms with Crippen molar-refractivity contribution >= 4 is 5.69 Å². The van der Waals surface area contributed by atoms with Gasteiger partial charge in [-0.15, -0.1) is 0 Å². The zero-order valence-electron chi connectivity index (χ0n) is 10.4. The van der Waals surface area contributed by atoms with Crippen LogP contribution in [0.2, 0.25) is 0 Å². The molecular formula is C14H22N2. The smallest absolute Gasteiger partial charge is 0.0366 e. The molecule has 0 amide bonds. The molecule has 0 bridgehead atoms. The van der Waals surface area contributed by atoms with Crippen LogP contribution in [0.25, 0.3) is 0 Å². The fourth-order valence-corrected chi connectivity index (χ4v) is 2.15. The zero-order valence-corrected chi connectivity index (χ0v) is 10.4. The molecule has 1 fully saturated rings. The van der Waals surface area contributed by atoms with Crippen molar-refractivity contribution < 1.29 is 0 Å². The summed E-state index contributed by atoms with van der Waals surface area (Å²) in [5, 5.41) is 0. The van der Waals surface area contributed by atoms with Crippen molar-refractivity contribution in [3.63, 3.8) is 0 Å². The molecule has 0 aliphatic heterocycles. The predicted molar refractivity (Wildman–Crippen MR) is 69.9 cm³/mol. The number of hydrogen-bond acceptors (Lipinski definition) is 2. The average Bonchev–Trinajstić information content (AvgIpc) is 3.05. The van der Waals surface area contributed by atoms with E-state index in [0.717, 1.165) is 18.9 Å². The van der Waals surface area contributed by atoms with Crippen LogP contribution >= 0.6 is 0 Å². The van der Waals surface area contributed by atoms with Gasteiger partial charge in [0.05, 0.1) is 0 Å². The predicted octanol–water partition coefficient (Wildman–Crippen LogP) is 2.34. The normalized spacial score (nSPS) is 15.2. The molecule has 0 radical (unpaired) electrons. The Bertz CT molecular complexity index is 356. The van der Waals surface area contributed by atoms with Crippen molar-refractivity contribution in [1.29, 1.82) is 0 Å². The third-order valence-corrected chi connectivity index (χ3v) is 3.41. The van der Waals surface area contributed by atoms with Crippen molar-refractivity contribution in [2.45, 2.75) is 26.2 Å². The summed E-state index contributed by atoms with van der Waals surface area (Å²) in [6, 6.07) is 6.73. The number of anilines is 1. The maximum Gasteiger partial charge on any atom is 0.0366 e. The minimum atomic E-state index is 0.734. The summed E-state index contributed by atoms with van der Waals surface area (Å²) in [5.74, 6) is 0.939. The van der Waals surface area contributed by atoms with Crippen LogP contribution in [-0.4, -0.2) is 20.1 Å². The van der Waals surface area contributed by atoms with Crippen LogP contribution in [-0.2, 0) is 6.42 Å². The Morgan fingerprint density at radius 1 is 1.38 bits per heavy atom. The van der Waals surface area contributed by atoms with Gasteiger partial charge < -0.3 is 10.6 Å². The van der Waals surface area contributed by atoms with E-state index >= 15 is 0 Å². The molecule has 0 spiro atoms. The van der Waals surface area contributed by atoms with Crippen LogP contribution in [0.3, 0.4) is 0 Å². The first kappa shape index (κ1) is 11.5. The first-order valence-corrected chi connectivity index (χ1v) is 6.21. The van der Waals surface area contributed by atoms with Gasteiger partial charge in [-0.2, -0.15) is 0 Å². The maximum atomic E-state index is 5.59. The first-order chi connectivity index (χ1) is 7.70. The molecule has 88 valence electrons.